The van der Waals surface area contributed by atoms with Gasteiger partial charge in [0.15, 0.2) is 0 Å². The summed E-state index contributed by atoms with van der Waals surface area (Å²) < 4.78 is 5.87. The number of hydrogen-bond acceptors (Lipinski definition) is 2. The third-order valence-electron chi connectivity index (χ3n) is 4.67. The van der Waals surface area contributed by atoms with Crippen molar-refractivity contribution in [1.29, 1.82) is 0 Å². The molecule has 0 aliphatic carbocycles. The first kappa shape index (κ1) is 15.4. The smallest absolute Gasteiger partial charge is 0.119 e. The lowest BCUT2D eigenvalue weighted by atomic mass is 9.82. The highest BCUT2D eigenvalue weighted by Gasteiger charge is 2.17. The molecule has 0 aromatic heterocycles. The highest BCUT2D eigenvalue weighted by Crippen LogP contribution is 2.28. The average molecular weight is 275 g/mol. The summed E-state index contributed by atoms with van der Waals surface area (Å²) in [4.78, 5) is 0. The SMILES string of the molecule is CCC(C)(C)c1ccc(OCCC2CCCCN2)cc1. The molecule has 1 unspecified atom stereocenters. The maximum Gasteiger partial charge on any atom is 0.119 e. The maximum atomic E-state index is 5.87. The normalized spacial score (nSPS) is 19.9. The van der Waals surface area contributed by atoms with Gasteiger partial charge in [-0.25, -0.2) is 0 Å². The molecule has 2 nitrogen and oxygen atoms in total. The monoisotopic (exact) mass is 275 g/mol. The predicted octanol–water partition coefficient (Wildman–Crippen LogP) is 4.29. The van der Waals surface area contributed by atoms with Gasteiger partial charge in [-0.1, -0.05) is 39.3 Å². The van der Waals surface area contributed by atoms with Crippen LogP contribution in [0.25, 0.3) is 0 Å². The van der Waals surface area contributed by atoms with Gasteiger partial charge in [-0.05, 0) is 55.3 Å². The van der Waals surface area contributed by atoms with E-state index in [9.17, 15) is 0 Å². The Hall–Kier alpha value is -1.02. The van der Waals surface area contributed by atoms with Gasteiger partial charge in [-0.15, -0.1) is 0 Å². The standard InChI is InChI=1S/C18H29NO/c1-4-18(2,3)15-8-10-17(11-9-15)20-14-12-16-7-5-6-13-19-16/h8-11,16,19H,4-7,12-14H2,1-3H3. The lowest BCUT2D eigenvalue weighted by Crippen LogP contribution is -2.35. The molecule has 1 aromatic rings. The van der Waals surface area contributed by atoms with Crippen LogP contribution in [0.1, 0.15) is 58.4 Å². The van der Waals surface area contributed by atoms with Gasteiger partial charge < -0.3 is 10.1 Å². The number of ether oxygens (including phenoxy) is 1. The molecule has 1 aliphatic rings. The highest BCUT2D eigenvalue weighted by molar-refractivity contribution is 5.31. The second-order valence-corrected chi connectivity index (χ2v) is 6.55. The van der Waals surface area contributed by atoms with Gasteiger partial charge in [-0.2, -0.15) is 0 Å². The fourth-order valence-electron chi connectivity index (χ4n) is 2.70. The molecule has 2 rings (SSSR count). The molecule has 1 heterocycles. The zero-order valence-corrected chi connectivity index (χ0v) is 13.2. The first-order chi connectivity index (χ1) is 9.62. The fourth-order valence-corrected chi connectivity index (χ4v) is 2.70. The molecule has 1 atom stereocenters. The highest BCUT2D eigenvalue weighted by atomic mass is 16.5. The molecule has 112 valence electrons. The number of rotatable bonds is 6. The minimum Gasteiger partial charge on any atom is -0.494 e. The Kier molecular flexibility index (Phi) is 5.47. The average Bonchev–Trinajstić information content (AvgIpc) is 2.49. The zero-order valence-electron chi connectivity index (χ0n) is 13.2. The molecule has 0 bridgehead atoms. The molecule has 2 heteroatoms. The van der Waals surface area contributed by atoms with E-state index in [1.54, 1.807) is 0 Å². The molecule has 1 fully saturated rings. The summed E-state index contributed by atoms with van der Waals surface area (Å²) in [6.07, 6.45) is 6.25. The second-order valence-electron chi connectivity index (χ2n) is 6.55. The Morgan fingerprint density at radius 3 is 2.55 bits per heavy atom. The molecular formula is C18H29NO. The molecule has 0 amide bonds. The van der Waals surface area contributed by atoms with Crippen LogP contribution in [0, 0.1) is 0 Å². The maximum absolute atomic E-state index is 5.87. The molecule has 0 saturated carbocycles. The summed E-state index contributed by atoms with van der Waals surface area (Å²) in [5.41, 5.74) is 1.64. The Labute approximate surface area is 123 Å². The minimum absolute atomic E-state index is 0.255. The third-order valence-corrected chi connectivity index (χ3v) is 4.67. The van der Waals surface area contributed by atoms with Crippen LogP contribution in [0.15, 0.2) is 24.3 Å². The van der Waals surface area contributed by atoms with Crippen molar-refractivity contribution in [3.63, 3.8) is 0 Å². The van der Waals surface area contributed by atoms with Crippen molar-refractivity contribution in [2.45, 2.75) is 64.3 Å². The van der Waals surface area contributed by atoms with Crippen molar-refractivity contribution in [3.05, 3.63) is 29.8 Å². The summed E-state index contributed by atoms with van der Waals surface area (Å²) in [7, 11) is 0. The number of hydrogen-bond donors (Lipinski definition) is 1. The van der Waals surface area contributed by atoms with Crippen LogP contribution in [0.3, 0.4) is 0 Å². The van der Waals surface area contributed by atoms with Crippen molar-refractivity contribution in [2.24, 2.45) is 0 Å². The van der Waals surface area contributed by atoms with Crippen LogP contribution >= 0.6 is 0 Å². The van der Waals surface area contributed by atoms with Crippen LogP contribution in [0.4, 0.5) is 0 Å². The first-order valence-electron chi connectivity index (χ1n) is 8.08. The molecule has 0 radical (unpaired) electrons. The topological polar surface area (TPSA) is 21.3 Å². The van der Waals surface area contributed by atoms with E-state index < -0.39 is 0 Å². The largest absolute Gasteiger partial charge is 0.494 e. The van der Waals surface area contributed by atoms with E-state index in [0.29, 0.717) is 6.04 Å². The Bertz CT molecular complexity index is 390. The number of piperidine rings is 1. The van der Waals surface area contributed by atoms with Gasteiger partial charge in [0.25, 0.3) is 0 Å². The van der Waals surface area contributed by atoms with Crippen LogP contribution in [-0.4, -0.2) is 19.2 Å². The van der Waals surface area contributed by atoms with Crippen LogP contribution in [0.5, 0.6) is 5.75 Å². The van der Waals surface area contributed by atoms with Gasteiger partial charge in [0.05, 0.1) is 6.61 Å². The van der Waals surface area contributed by atoms with Crippen molar-refractivity contribution >= 4 is 0 Å². The summed E-state index contributed by atoms with van der Waals surface area (Å²) >= 11 is 0. The molecule has 0 spiro atoms. The van der Waals surface area contributed by atoms with Crippen molar-refractivity contribution in [1.82, 2.24) is 5.32 Å². The molecule has 1 saturated heterocycles. The number of nitrogens with one attached hydrogen (secondary N) is 1. The Morgan fingerprint density at radius 2 is 1.95 bits per heavy atom. The molecule has 1 N–H and O–H groups in total. The van der Waals surface area contributed by atoms with Gasteiger partial charge >= 0.3 is 0 Å². The summed E-state index contributed by atoms with van der Waals surface area (Å²) in [5.74, 6) is 0.997. The quantitative estimate of drug-likeness (QED) is 0.836. The first-order valence-corrected chi connectivity index (χ1v) is 8.08. The van der Waals surface area contributed by atoms with E-state index in [1.807, 2.05) is 0 Å². The van der Waals surface area contributed by atoms with Crippen molar-refractivity contribution in [3.8, 4) is 5.75 Å². The second kappa shape index (κ2) is 7.12. The van der Waals surface area contributed by atoms with E-state index in [4.69, 9.17) is 4.74 Å². The lowest BCUT2D eigenvalue weighted by molar-refractivity contribution is 0.268. The minimum atomic E-state index is 0.255. The summed E-state index contributed by atoms with van der Waals surface area (Å²) in [5, 5.41) is 3.56. The van der Waals surface area contributed by atoms with E-state index in [1.165, 1.54) is 31.4 Å². The number of benzene rings is 1. The van der Waals surface area contributed by atoms with Gasteiger partial charge in [0, 0.05) is 6.04 Å². The predicted molar refractivity (Wildman–Crippen MR) is 85.5 cm³/mol. The zero-order chi connectivity index (χ0) is 14.4. The molecular weight excluding hydrogens is 246 g/mol. The summed E-state index contributed by atoms with van der Waals surface area (Å²) in [6.45, 7) is 8.80. The third kappa shape index (κ3) is 4.24. The fraction of sp³-hybridized carbons (Fsp3) is 0.667. The molecule has 1 aliphatic heterocycles. The Balaban J connectivity index is 1.79. The van der Waals surface area contributed by atoms with Crippen LogP contribution in [-0.2, 0) is 5.41 Å². The van der Waals surface area contributed by atoms with Gasteiger partial charge in [0.2, 0.25) is 0 Å². The van der Waals surface area contributed by atoms with E-state index >= 15 is 0 Å². The Morgan fingerprint density at radius 1 is 1.20 bits per heavy atom. The van der Waals surface area contributed by atoms with E-state index in [0.717, 1.165) is 25.2 Å². The lowest BCUT2D eigenvalue weighted by Gasteiger charge is -2.24. The van der Waals surface area contributed by atoms with Crippen molar-refractivity contribution in [2.75, 3.05) is 13.2 Å². The van der Waals surface area contributed by atoms with Crippen LogP contribution < -0.4 is 10.1 Å². The van der Waals surface area contributed by atoms with Crippen LogP contribution in [0.2, 0.25) is 0 Å². The summed E-state index contributed by atoms with van der Waals surface area (Å²) in [6, 6.07) is 9.29. The van der Waals surface area contributed by atoms with Gasteiger partial charge in [0.1, 0.15) is 5.75 Å². The van der Waals surface area contributed by atoms with Crippen molar-refractivity contribution < 1.29 is 4.74 Å². The molecule has 1 aromatic carbocycles. The van der Waals surface area contributed by atoms with Gasteiger partial charge in [-0.3, -0.25) is 0 Å². The van der Waals surface area contributed by atoms with E-state index in [2.05, 4.69) is 50.4 Å². The van der Waals surface area contributed by atoms with E-state index in [-0.39, 0.29) is 5.41 Å². The molecule has 20 heavy (non-hydrogen) atoms.